The average Bonchev–Trinajstić information content (AvgIpc) is 2.60. The minimum absolute atomic E-state index is 0.0377. The summed E-state index contributed by atoms with van der Waals surface area (Å²) in [7, 11) is 0. The summed E-state index contributed by atoms with van der Waals surface area (Å²) < 4.78 is 0. The number of amides is 2. The number of unbranched alkanes of at least 4 members (excludes halogenated alkanes) is 4. The van der Waals surface area contributed by atoms with Gasteiger partial charge < -0.3 is 33.2 Å². The predicted molar refractivity (Wildman–Crippen MR) is 110 cm³/mol. The number of nitrogens with zero attached hydrogens (tertiary/aromatic N) is 1. The van der Waals surface area contributed by atoms with Gasteiger partial charge in [0.1, 0.15) is 0 Å². The first-order valence-electron chi connectivity index (χ1n) is 9.97. The lowest BCUT2D eigenvalue weighted by Gasteiger charge is -2.08. The van der Waals surface area contributed by atoms with E-state index in [1.807, 2.05) is 6.92 Å². The van der Waals surface area contributed by atoms with E-state index in [0.29, 0.717) is 19.5 Å². The lowest BCUT2D eigenvalue weighted by molar-refractivity contribution is -0.126. The third kappa shape index (κ3) is 20.3. The standard InChI is InChI=1S/C18H39N7O2/c1-15(19)9-13-22-10-6-7-11-23-17(27)14-25-16(26)8-4-2-3-5-12-24-18(20)21/h15,22H,2-14,19H2,1H3,(H,23,27)(H,25,26)(H4,20,21,24)/t15-/m1/s1. The van der Waals surface area contributed by atoms with Crippen molar-refractivity contribution in [3.8, 4) is 0 Å². The quantitative estimate of drug-likeness (QED) is 0.113. The second-order valence-electron chi connectivity index (χ2n) is 6.82. The maximum Gasteiger partial charge on any atom is 0.239 e. The van der Waals surface area contributed by atoms with Crippen LogP contribution in [0.15, 0.2) is 4.99 Å². The topological polar surface area (TPSA) is 161 Å². The van der Waals surface area contributed by atoms with Crippen LogP contribution in [0.5, 0.6) is 0 Å². The summed E-state index contributed by atoms with van der Waals surface area (Å²) in [6, 6.07) is 0.225. The van der Waals surface area contributed by atoms with E-state index in [0.717, 1.165) is 58.0 Å². The van der Waals surface area contributed by atoms with Gasteiger partial charge in [-0.3, -0.25) is 14.6 Å². The third-order valence-electron chi connectivity index (χ3n) is 3.93. The Morgan fingerprint density at radius 1 is 0.889 bits per heavy atom. The fraction of sp³-hybridized carbons (Fsp3) is 0.833. The van der Waals surface area contributed by atoms with E-state index < -0.39 is 0 Å². The highest BCUT2D eigenvalue weighted by molar-refractivity contribution is 5.84. The highest BCUT2D eigenvalue weighted by Gasteiger charge is 2.05. The Hall–Kier alpha value is -1.87. The summed E-state index contributed by atoms with van der Waals surface area (Å²) >= 11 is 0. The molecule has 9 N–H and O–H groups in total. The summed E-state index contributed by atoms with van der Waals surface area (Å²) in [5.41, 5.74) is 16.1. The molecular weight excluding hydrogens is 346 g/mol. The molecule has 0 spiro atoms. The van der Waals surface area contributed by atoms with Crippen LogP contribution in [0.1, 0.15) is 58.3 Å². The summed E-state index contributed by atoms with van der Waals surface area (Å²) in [5.74, 6) is -0.125. The molecule has 0 aromatic rings. The number of rotatable bonds is 17. The van der Waals surface area contributed by atoms with Crippen LogP contribution in [0.3, 0.4) is 0 Å². The van der Waals surface area contributed by atoms with Crippen LogP contribution >= 0.6 is 0 Å². The Balaban J connectivity index is 3.40. The number of hydrogen-bond acceptors (Lipinski definition) is 5. The molecule has 0 radical (unpaired) electrons. The number of nitrogens with one attached hydrogen (secondary N) is 3. The van der Waals surface area contributed by atoms with Crippen LogP contribution < -0.4 is 33.2 Å². The molecule has 0 heterocycles. The van der Waals surface area contributed by atoms with Gasteiger partial charge in [0.25, 0.3) is 0 Å². The molecule has 158 valence electrons. The molecule has 9 nitrogen and oxygen atoms in total. The highest BCUT2D eigenvalue weighted by atomic mass is 16.2. The number of carbonyl (C=O) groups excluding carboxylic acids is 2. The molecule has 0 aliphatic heterocycles. The minimum atomic E-state index is -0.148. The summed E-state index contributed by atoms with van der Waals surface area (Å²) in [6.07, 6.45) is 6.92. The lowest BCUT2D eigenvalue weighted by atomic mass is 10.1. The molecule has 27 heavy (non-hydrogen) atoms. The van der Waals surface area contributed by atoms with Crippen LogP contribution in [0.2, 0.25) is 0 Å². The zero-order valence-electron chi connectivity index (χ0n) is 16.8. The van der Waals surface area contributed by atoms with Gasteiger partial charge in [-0.2, -0.15) is 0 Å². The minimum Gasteiger partial charge on any atom is -0.370 e. The Kier molecular flexibility index (Phi) is 16.3. The van der Waals surface area contributed by atoms with Crippen molar-refractivity contribution < 1.29 is 9.59 Å². The molecule has 0 bridgehead atoms. The van der Waals surface area contributed by atoms with Crippen LogP contribution in [0.25, 0.3) is 0 Å². The first-order valence-corrected chi connectivity index (χ1v) is 9.97. The molecule has 2 amide bonds. The van der Waals surface area contributed by atoms with E-state index in [-0.39, 0.29) is 30.4 Å². The highest BCUT2D eigenvalue weighted by Crippen LogP contribution is 2.03. The first-order chi connectivity index (χ1) is 12.9. The molecule has 0 aromatic carbocycles. The largest absolute Gasteiger partial charge is 0.370 e. The molecule has 0 aliphatic carbocycles. The van der Waals surface area contributed by atoms with Crippen molar-refractivity contribution in [3.05, 3.63) is 0 Å². The van der Waals surface area contributed by atoms with Gasteiger partial charge >= 0.3 is 0 Å². The van der Waals surface area contributed by atoms with Gasteiger partial charge in [0.2, 0.25) is 11.8 Å². The first kappa shape index (κ1) is 25.1. The maximum absolute atomic E-state index is 11.7. The summed E-state index contributed by atoms with van der Waals surface area (Å²) in [4.78, 5) is 27.3. The zero-order chi connectivity index (χ0) is 20.3. The fourth-order valence-electron chi connectivity index (χ4n) is 2.35. The normalized spacial score (nSPS) is 11.6. The van der Waals surface area contributed by atoms with Crippen LogP contribution in [-0.4, -0.2) is 56.5 Å². The molecule has 0 rings (SSSR count). The van der Waals surface area contributed by atoms with Crippen LogP contribution in [-0.2, 0) is 9.59 Å². The van der Waals surface area contributed by atoms with Crippen molar-refractivity contribution in [1.82, 2.24) is 16.0 Å². The molecule has 0 aromatic heterocycles. The van der Waals surface area contributed by atoms with Crippen molar-refractivity contribution in [3.63, 3.8) is 0 Å². The SMILES string of the molecule is C[C@@H](N)CCNCCCCNC(=O)CNC(=O)CCCCCCN=C(N)N. The van der Waals surface area contributed by atoms with E-state index in [9.17, 15) is 9.59 Å². The van der Waals surface area contributed by atoms with Crippen molar-refractivity contribution >= 4 is 17.8 Å². The number of carbonyl (C=O) groups is 2. The van der Waals surface area contributed by atoms with E-state index in [1.54, 1.807) is 0 Å². The van der Waals surface area contributed by atoms with Gasteiger partial charge in [0.05, 0.1) is 6.54 Å². The third-order valence-corrected chi connectivity index (χ3v) is 3.93. The molecule has 0 fully saturated rings. The Morgan fingerprint density at radius 3 is 2.30 bits per heavy atom. The number of aliphatic imine (C=N–C) groups is 1. The Morgan fingerprint density at radius 2 is 1.59 bits per heavy atom. The maximum atomic E-state index is 11.7. The van der Waals surface area contributed by atoms with Crippen LogP contribution in [0, 0.1) is 0 Å². The monoisotopic (exact) mass is 385 g/mol. The smallest absolute Gasteiger partial charge is 0.239 e. The van der Waals surface area contributed by atoms with Crippen LogP contribution in [0.4, 0.5) is 0 Å². The van der Waals surface area contributed by atoms with Gasteiger partial charge in [-0.1, -0.05) is 12.8 Å². The number of guanidine groups is 1. The molecule has 0 aliphatic rings. The summed E-state index contributed by atoms with van der Waals surface area (Å²) in [5, 5.41) is 8.78. The predicted octanol–water partition coefficient (Wildman–Crippen LogP) is -0.450. The van der Waals surface area contributed by atoms with Gasteiger partial charge in [-0.15, -0.1) is 0 Å². The van der Waals surface area contributed by atoms with Gasteiger partial charge in [0, 0.05) is 25.6 Å². The lowest BCUT2D eigenvalue weighted by Crippen LogP contribution is -2.37. The average molecular weight is 386 g/mol. The van der Waals surface area contributed by atoms with E-state index >= 15 is 0 Å². The van der Waals surface area contributed by atoms with Gasteiger partial charge in [-0.25, -0.2) is 0 Å². The molecule has 0 saturated carbocycles. The zero-order valence-corrected chi connectivity index (χ0v) is 16.8. The van der Waals surface area contributed by atoms with E-state index in [1.165, 1.54) is 0 Å². The fourth-order valence-corrected chi connectivity index (χ4v) is 2.35. The van der Waals surface area contributed by atoms with Crippen molar-refractivity contribution in [2.24, 2.45) is 22.2 Å². The second-order valence-corrected chi connectivity index (χ2v) is 6.82. The summed E-state index contributed by atoms with van der Waals surface area (Å²) in [6.45, 7) is 5.12. The molecule has 0 unspecified atom stereocenters. The van der Waals surface area contributed by atoms with Crippen molar-refractivity contribution in [2.45, 2.75) is 64.3 Å². The van der Waals surface area contributed by atoms with E-state index in [2.05, 4.69) is 20.9 Å². The molecular formula is C18H39N7O2. The Labute approximate surface area is 163 Å². The molecule has 1 atom stereocenters. The van der Waals surface area contributed by atoms with Crippen molar-refractivity contribution in [1.29, 1.82) is 0 Å². The number of nitrogens with two attached hydrogens (primary N) is 3. The molecule has 0 saturated heterocycles. The second kappa shape index (κ2) is 17.5. The van der Waals surface area contributed by atoms with Gasteiger partial charge in [0.15, 0.2) is 5.96 Å². The molecule has 9 heteroatoms. The van der Waals surface area contributed by atoms with Gasteiger partial charge in [-0.05, 0) is 52.1 Å². The van der Waals surface area contributed by atoms with Crippen molar-refractivity contribution in [2.75, 3.05) is 32.7 Å². The van der Waals surface area contributed by atoms with E-state index in [4.69, 9.17) is 17.2 Å². The number of hydrogen-bond donors (Lipinski definition) is 6. The Bertz CT molecular complexity index is 424.